The molecule has 1 amide bonds. The second kappa shape index (κ2) is 8.48. The highest BCUT2D eigenvalue weighted by Crippen LogP contribution is 2.16. The summed E-state index contributed by atoms with van der Waals surface area (Å²) in [4.78, 5) is 14.1. The average Bonchev–Trinajstić information content (AvgIpc) is 2.50. The summed E-state index contributed by atoms with van der Waals surface area (Å²) in [5.41, 5.74) is 2.22. The number of amides is 1. The molecule has 1 atom stereocenters. The Morgan fingerprint density at radius 1 is 1.17 bits per heavy atom. The number of likely N-dealkylation sites (N-methyl/N-ethyl adjacent to an activating group) is 1. The quantitative estimate of drug-likeness (QED) is 0.785. The number of halogens is 2. The van der Waals surface area contributed by atoms with Gasteiger partial charge in [-0.2, -0.15) is 0 Å². The van der Waals surface area contributed by atoms with E-state index < -0.39 is 0 Å². The molecule has 1 unspecified atom stereocenters. The molecule has 2 rings (SSSR count). The Kier molecular flexibility index (Phi) is 6.63. The summed E-state index contributed by atoms with van der Waals surface area (Å²) in [6, 6.07) is 15.6. The highest BCUT2D eigenvalue weighted by atomic mass is 79.9. The lowest BCUT2D eigenvalue weighted by Gasteiger charge is -2.19. The summed E-state index contributed by atoms with van der Waals surface area (Å²) in [5.74, 6) is 0.0110. The fourth-order valence-electron chi connectivity index (χ4n) is 2.32. The average molecular weight is 396 g/mol. The van der Waals surface area contributed by atoms with Crippen molar-refractivity contribution in [3.05, 3.63) is 69.2 Å². The molecule has 3 nitrogen and oxygen atoms in total. The Morgan fingerprint density at radius 3 is 2.39 bits per heavy atom. The van der Waals surface area contributed by atoms with Gasteiger partial charge in [0.15, 0.2) is 0 Å². The van der Waals surface area contributed by atoms with Crippen LogP contribution in [-0.2, 0) is 11.3 Å². The molecule has 0 aliphatic rings. The molecule has 2 aromatic carbocycles. The molecule has 122 valence electrons. The number of nitrogens with zero attached hydrogens (tertiary/aromatic N) is 1. The van der Waals surface area contributed by atoms with Gasteiger partial charge in [0, 0.05) is 16.0 Å². The maximum absolute atomic E-state index is 12.2. The Hall–Kier alpha value is -1.36. The number of benzene rings is 2. The minimum atomic E-state index is -0.0143. The summed E-state index contributed by atoms with van der Waals surface area (Å²) in [5, 5.41) is 3.74. The van der Waals surface area contributed by atoms with E-state index in [-0.39, 0.29) is 11.9 Å². The van der Waals surface area contributed by atoms with Gasteiger partial charge >= 0.3 is 0 Å². The van der Waals surface area contributed by atoms with E-state index in [1.165, 1.54) is 0 Å². The van der Waals surface area contributed by atoms with E-state index in [9.17, 15) is 4.79 Å². The molecule has 23 heavy (non-hydrogen) atoms. The van der Waals surface area contributed by atoms with Gasteiger partial charge in [0.1, 0.15) is 0 Å². The summed E-state index contributed by atoms with van der Waals surface area (Å²) in [6.45, 7) is 3.04. The highest BCUT2D eigenvalue weighted by molar-refractivity contribution is 9.10. The summed E-state index contributed by atoms with van der Waals surface area (Å²) >= 11 is 9.29. The SMILES string of the molecule is CC(NC(=O)CN(C)Cc1ccc(Cl)cc1)c1ccc(Br)cc1. The Balaban J connectivity index is 1.83. The zero-order valence-electron chi connectivity index (χ0n) is 13.2. The first-order valence-electron chi connectivity index (χ1n) is 7.42. The maximum atomic E-state index is 12.2. The van der Waals surface area contributed by atoms with Crippen LogP contribution in [0.1, 0.15) is 24.1 Å². The second-order valence-electron chi connectivity index (χ2n) is 5.64. The van der Waals surface area contributed by atoms with Gasteiger partial charge < -0.3 is 5.32 Å². The fourth-order valence-corrected chi connectivity index (χ4v) is 2.71. The van der Waals surface area contributed by atoms with Gasteiger partial charge in [0.2, 0.25) is 5.91 Å². The van der Waals surface area contributed by atoms with Crippen LogP contribution in [0.5, 0.6) is 0 Å². The molecular formula is C18H20BrClN2O. The molecule has 0 spiro atoms. The Labute approximate surface area is 150 Å². The van der Waals surface area contributed by atoms with Crippen LogP contribution in [-0.4, -0.2) is 24.4 Å². The molecule has 0 aliphatic heterocycles. The molecule has 0 fully saturated rings. The number of rotatable bonds is 6. The molecule has 0 bridgehead atoms. The minimum Gasteiger partial charge on any atom is -0.348 e. The predicted molar refractivity (Wildman–Crippen MR) is 98.5 cm³/mol. The molecule has 0 heterocycles. The molecule has 2 aromatic rings. The smallest absolute Gasteiger partial charge is 0.234 e. The first-order chi connectivity index (χ1) is 10.9. The fraction of sp³-hybridized carbons (Fsp3) is 0.278. The van der Waals surface area contributed by atoms with Gasteiger partial charge in [0.05, 0.1) is 12.6 Å². The molecule has 0 aliphatic carbocycles. The number of carbonyl (C=O) groups is 1. The van der Waals surface area contributed by atoms with Crippen molar-refractivity contribution in [3.63, 3.8) is 0 Å². The number of hydrogen-bond acceptors (Lipinski definition) is 2. The van der Waals surface area contributed by atoms with Crippen LogP contribution in [0.2, 0.25) is 5.02 Å². The Bertz CT molecular complexity index is 643. The lowest BCUT2D eigenvalue weighted by Crippen LogP contribution is -2.36. The van der Waals surface area contributed by atoms with Gasteiger partial charge in [-0.05, 0) is 49.4 Å². The van der Waals surface area contributed by atoms with Crippen molar-refractivity contribution in [1.29, 1.82) is 0 Å². The molecule has 0 saturated heterocycles. The maximum Gasteiger partial charge on any atom is 0.234 e. The van der Waals surface area contributed by atoms with Gasteiger partial charge in [-0.25, -0.2) is 0 Å². The van der Waals surface area contributed by atoms with Gasteiger partial charge in [0.25, 0.3) is 0 Å². The third kappa shape index (κ3) is 5.98. The van der Waals surface area contributed by atoms with Crippen LogP contribution < -0.4 is 5.32 Å². The summed E-state index contributed by atoms with van der Waals surface area (Å²) in [6.07, 6.45) is 0. The van der Waals surface area contributed by atoms with Crippen LogP contribution in [0.4, 0.5) is 0 Å². The van der Waals surface area contributed by atoms with E-state index in [0.717, 1.165) is 20.6 Å². The van der Waals surface area contributed by atoms with Crippen molar-refractivity contribution >= 4 is 33.4 Å². The van der Waals surface area contributed by atoms with Crippen LogP contribution in [0.25, 0.3) is 0 Å². The van der Waals surface area contributed by atoms with Crippen molar-refractivity contribution < 1.29 is 4.79 Å². The largest absolute Gasteiger partial charge is 0.348 e. The highest BCUT2D eigenvalue weighted by Gasteiger charge is 2.12. The topological polar surface area (TPSA) is 32.3 Å². The molecule has 0 aromatic heterocycles. The van der Waals surface area contributed by atoms with Crippen molar-refractivity contribution in [2.45, 2.75) is 19.5 Å². The second-order valence-corrected chi connectivity index (χ2v) is 6.99. The number of nitrogens with one attached hydrogen (secondary N) is 1. The zero-order valence-corrected chi connectivity index (χ0v) is 15.6. The molecule has 0 radical (unpaired) electrons. The van der Waals surface area contributed by atoms with E-state index in [0.29, 0.717) is 13.1 Å². The van der Waals surface area contributed by atoms with Crippen molar-refractivity contribution in [2.24, 2.45) is 0 Å². The minimum absolute atomic E-state index is 0.0110. The Morgan fingerprint density at radius 2 is 1.78 bits per heavy atom. The van der Waals surface area contributed by atoms with E-state index in [2.05, 4.69) is 21.2 Å². The normalized spacial score (nSPS) is 12.2. The lowest BCUT2D eigenvalue weighted by atomic mass is 10.1. The molecule has 5 heteroatoms. The number of hydrogen-bond donors (Lipinski definition) is 1. The summed E-state index contributed by atoms with van der Waals surface area (Å²) in [7, 11) is 1.93. The third-order valence-electron chi connectivity index (χ3n) is 3.53. The first-order valence-corrected chi connectivity index (χ1v) is 8.59. The van der Waals surface area contributed by atoms with E-state index >= 15 is 0 Å². The van der Waals surface area contributed by atoms with E-state index in [1.54, 1.807) is 0 Å². The third-order valence-corrected chi connectivity index (χ3v) is 4.31. The number of carbonyl (C=O) groups excluding carboxylic acids is 1. The predicted octanol–water partition coefficient (Wildman–Crippen LogP) is 4.41. The zero-order chi connectivity index (χ0) is 16.8. The van der Waals surface area contributed by atoms with Crippen molar-refractivity contribution in [1.82, 2.24) is 10.2 Å². The van der Waals surface area contributed by atoms with E-state index in [1.807, 2.05) is 67.4 Å². The molecule has 0 saturated carbocycles. The monoisotopic (exact) mass is 394 g/mol. The van der Waals surface area contributed by atoms with Crippen LogP contribution in [0.3, 0.4) is 0 Å². The van der Waals surface area contributed by atoms with Crippen LogP contribution in [0, 0.1) is 0 Å². The van der Waals surface area contributed by atoms with Gasteiger partial charge in [-0.3, -0.25) is 9.69 Å². The van der Waals surface area contributed by atoms with Crippen LogP contribution >= 0.6 is 27.5 Å². The van der Waals surface area contributed by atoms with Gasteiger partial charge in [-0.15, -0.1) is 0 Å². The first kappa shape index (κ1) is 18.0. The van der Waals surface area contributed by atoms with Crippen LogP contribution in [0.15, 0.2) is 53.0 Å². The molecular weight excluding hydrogens is 376 g/mol. The van der Waals surface area contributed by atoms with E-state index in [4.69, 9.17) is 11.6 Å². The van der Waals surface area contributed by atoms with Gasteiger partial charge in [-0.1, -0.05) is 51.8 Å². The van der Waals surface area contributed by atoms with Crippen molar-refractivity contribution in [3.8, 4) is 0 Å². The lowest BCUT2D eigenvalue weighted by molar-refractivity contribution is -0.122. The standard InChI is InChI=1S/C18H20BrClN2O/c1-13(15-5-7-16(19)8-6-15)21-18(23)12-22(2)11-14-3-9-17(20)10-4-14/h3-10,13H,11-12H2,1-2H3,(H,21,23). The molecule has 1 N–H and O–H groups in total. The summed E-state index contributed by atoms with van der Waals surface area (Å²) < 4.78 is 1.03. The van der Waals surface area contributed by atoms with Crippen molar-refractivity contribution in [2.75, 3.05) is 13.6 Å².